The molecule has 0 radical (unpaired) electrons. The number of rotatable bonds is 8. The van der Waals surface area contributed by atoms with Gasteiger partial charge in [-0.3, -0.25) is 0 Å². The average Bonchev–Trinajstić information content (AvgIpc) is 2.40. The minimum absolute atomic E-state index is 0.645. The Morgan fingerprint density at radius 1 is 1.26 bits per heavy atom. The van der Waals surface area contributed by atoms with E-state index in [1.165, 1.54) is 45.4 Å². The lowest BCUT2D eigenvalue weighted by molar-refractivity contribution is 0.161. The Hall–Kier alpha value is -0.120. The second-order valence-electron chi connectivity index (χ2n) is 6.52. The lowest BCUT2D eigenvalue weighted by Crippen LogP contribution is -2.45. The van der Waals surface area contributed by atoms with E-state index in [4.69, 9.17) is 0 Å². The summed E-state index contributed by atoms with van der Waals surface area (Å²) in [6.07, 6.45) is 4.01. The van der Waals surface area contributed by atoms with E-state index in [1.54, 1.807) is 0 Å². The monoisotopic (exact) mass is 269 g/mol. The van der Waals surface area contributed by atoms with Crippen molar-refractivity contribution in [3.8, 4) is 0 Å². The molecule has 1 saturated heterocycles. The molecular weight excluding hydrogens is 234 g/mol. The van der Waals surface area contributed by atoms with Crippen molar-refractivity contribution in [1.82, 2.24) is 15.1 Å². The van der Waals surface area contributed by atoms with Gasteiger partial charge in [0.25, 0.3) is 0 Å². The number of likely N-dealkylation sites (N-methyl/N-ethyl adjacent to an activating group) is 2. The van der Waals surface area contributed by atoms with E-state index in [2.05, 4.69) is 50.0 Å². The average molecular weight is 269 g/mol. The summed E-state index contributed by atoms with van der Waals surface area (Å²) in [5.74, 6) is 1.67. The molecule has 0 aliphatic carbocycles. The van der Waals surface area contributed by atoms with Gasteiger partial charge in [0.15, 0.2) is 0 Å². The van der Waals surface area contributed by atoms with Gasteiger partial charge in [0, 0.05) is 19.1 Å². The van der Waals surface area contributed by atoms with Crippen LogP contribution in [0.25, 0.3) is 0 Å². The van der Waals surface area contributed by atoms with Crippen LogP contribution in [0.5, 0.6) is 0 Å². The number of hydrogen-bond acceptors (Lipinski definition) is 3. The maximum Gasteiger partial charge on any atom is 0.0220 e. The van der Waals surface area contributed by atoms with E-state index >= 15 is 0 Å². The van der Waals surface area contributed by atoms with Gasteiger partial charge >= 0.3 is 0 Å². The van der Waals surface area contributed by atoms with Crippen molar-refractivity contribution >= 4 is 0 Å². The fraction of sp³-hybridized carbons (Fsp3) is 1.00. The fourth-order valence-corrected chi connectivity index (χ4v) is 3.09. The van der Waals surface area contributed by atoms with Crippen molar-refractivity contribution in [2.75, 3.05) is 46.8 Å². The summed E-state index contributed by atoms with van der Waals surface area (Å²) in [7, 11) is 4.54. The zero-order valence-electron chi connectivity index (χ0n) is 13.8. The van der Waals surface area contributed by atoms with Gasteiger partial charge in [0.1, 0.15) is 0 Å². The first kappa shape index (κ1) is 16.9. The van der Waals surface area contributed by atoms with E-state index < -0.39 is 0 Å². The molecule has 0 amide bonds. The molecule has 0 aromatic heterocycles. The molecule has 3 heteroatoms. The molecule has 2 atom stereocenters. The van der Waals surface area contributed by atoms with Gasteiger partial charge in [0.2, 0.25) is 0 Å². The molecule has 1 rings (SSSR count). The van der Waals surface area contributed by atoms with Crippen LogP contribution in [0.4, 0.5) is 0 Å². The predicted molar refractivity (Wildman–Crippen MR) is 84.6 cm³/mol. The van der Waals surface area contributed by atoms with Crippen LogP contribution in [0.1, 0.15) is 40.0 Å². The molecule has 114 valence electrons. The van der Waals surface area contributed by atoms with E-state index in [-0.39, 0.29) is 0 Å². The lowest BCUT2D eigenvalue weighted by Gasteiger charge is -2.34. The second kappa shape index (κ2) is 8.93. The van der Waals surface area contributed by atoms with Crippen LogP contribution in [0.15, 0.2) is 0 Å². The van der Waals surface area contributed by atoms with Crippen molar-refractivity contribution in [1.29, 1.82) is 0 Å². The number of nitrogens with zero attached hydrogens (tertiary/aromatic N) is 2. The summed E-state index contributed by atoms with van der Waals surface area (Å²) in [6.45, 7) is 13.0. The zero-order chi connectivity index (χ0) is 14.3. The summed E-state index contributed by atoms with van der Waals surface area (Å²) in [6, 6.07) is 0.645. The molecule has 0 bridgehead atoms. The Labute approximate surface area is 120 Å². The molecule has 3 nitrogen and oxygen atoms in total. The largest absolute Gasteiger partial charge is 0.313 e. The van der Waals surface area contributed by atoms with Crippen molar-refractivity contribution in [2.24, 2.45) is 11.8 Å². The summed E-state index contributed by atoms with van der Waals surface area (Å²) in [5, 5.41) is 3.66. The molecule has 2 unspecified atom stereocenters. The van der Waals surface area contributed by atoms with E-state index in [0.29, 0.717) is 6.04 Å². The highest BCUT2D eigenvalue weighted by Gasteiger charge is 2.21. The van der Waals surface area contributed by atoms with Gasteiger partial charge in [-0.2, -0.15) is 0 Å². The Kier molecular flexibility index (Phi) is 7.96. The number of likely N-dealkylation sites (tertiary alicyclic amines) is 1. The van der Waals surface area contributed by atoms with Crippen molar-refractivity contribution < 1.29 is 0 Å². The summed E-state index contributed by atoms with van der Waals surface area (Å²) >= 11 is 0. The summed E-state index contributed by atoms with van der Waals surface area (Å²) < 4.78 is 0. The van der Waals surface area contributed by atoms with Crippen LogP contribution in [0.3, 0.4) is 0 Å². The Morgan fingerprint density at radius 2 is 1.89 bits per heavy atom. The summed E-state index contributed by atoms with van der Waals surface area (Å²) in [4.78, 5) is 5.01. The minimum Gasteiger partial charge on any atom is -0.313 e. The smallest absolute Gasteiger partial charge is 0.0220 e. The van der Waals surface area contributed by atoms with Crippen LogP contribution in [-0.4, -0.2) is 62.7 Å². The Balaban J connectivity index is 2.33. The molecule has 0 saturated carbocycles. The molecule has 0 aromatic carbocycles. The van der Waals surface area contributed by atoms with Gasteiger partial charge in [-0.15, -0.1) is 0 Å². The number of piperidine rings is 1. The van der Waals surface area contributed by atoms with Gasteiger partial charge in [-0.25, -0.2) is 0 Å². The zero-order valence-corrected chi connectivity index (χ0v) is 13.8. The molecule has 0 aromatic rings. The van der Waals surface area contributed by atoms with Crippen molar-refractivity contribution in [3.05, 3.63) is 0 Å². The SMILES string of the molecule is CCNC(CN(C)CC1CCN(C)CC1)C(C)CC. The lowest BCUT2D eigenvalue weighted by atomic mass is 9.95. The van der Waals surface area contributed by atoms with Crippen LogP contribution >= 0.6 is 0 Å². The standard InChI is InChI=1S/C16H35N3/c1-6-14(3)16(17-7-2)13-19(5)12-15-8-10-18(4)11-9-15/h14-17H,6-13H2,1-5H3. The summed E-state index contributed by atoms with van der Waals surface area (Å²) in [5.41, 5.74) is 0. The van der Waals surface area contributed by atoms with Crippen LogP contribution < -0.4 is 5.32 Å². The van der Waals surface area contributed by atoms with E-state index in [9.17, 15) is 0 Å². The highest BCUT2D eigenvalue weighted by molar-refractivity contribution is 4.78. The van der Waals surface area contributed by atoms with E-state index in [1.807, 2.05) is 0 Å². The highest BCUT2D eigenvalue weighted by atomic mass is 15.1. The van der Waals surface area contributed by atoms with Crippen LogP contribution in [0, 0.1) is 11.8 Å². The maximum absolute atomic E-state index is 3.66. The normalized spacial score (nSPS) is 21.8. The van der Waals surface area contributed by atoms with Crippen LogP contribution in [-0.2, 0) is 0 Å². The molecule has 0 spiro atoms. The van der Waals surface area contributed by atoms with Gasteiger partial charge in [-0.05, 0) is 58.4 Å². The first-order chi connectivity index (χ1) is 9.06. The molecule has 1 fully saturated rings. The molecular formula is C16H35N3. The quantitative estimate of drug-likeness (QED) is 0.729. The van der Waals surface area contributed by atoms with Crippen molar-refractivity contribution in [3.63, 3.8) is 0 Å². The minimum atomic E-state index is 0.645. The van der Waals surface area contributed by atoms with Crippen molar-refractivity contribution in [2.45, 2.75) is 46.1 Å². The number of hydrogen-bond donors (Lipinski definition) is 1. The second-order valence-corrected chi connectivity index (χ2v) is 6.52. The van der Waals surface area contributed by atoms with Crippen LogP contribution in [0.2, 0.25) is 0 Å². The molecule has 1 heterocycles. The molecule has 1 aliphatic heterocycles. The molecule has 1 N–H and O–H groups in total. The molecule has 19 heavy (non-hydrogen) atoms. The fourth-order valence-electron chi connectivity index (χ4n) is 3.09. The van der Waals surface area contributed by atoms with Gasteiger partial charge in [0.05, 0.1) is 0 Å². The number of nitrogens with one attached hydrogen (secondary N) is 1. The van der Waals surface area contributed by atoms with E-state index in [0.717, 1.165) is 18.4 Å². The Morgan fingerprint density at radius 3 is 2.42 bits per heavy atom. The van der Waals surface area contributed by atoms with Gasteiger partial charge in [-0.1, -0.05) is 27.2 Å². The third kappa shape index (κ3) is 6.24. The third-order valence-electron chi connectivity index (χ3n) is 4.71. The maximum atomic E-state index is 3.66. The molecule has 1 aliphatic rings. The topological polar surface area (TPSA) is 18.5 Å². The van der Waals surface area contributed by atoms with Gasteiger partial charge < -0.3 is 15.1 Å². The highest BCUT2D eigenvalue weighted by Crippen LogP contribution is 2.17. The Bertz CT molecular complexity index is 224. The first-order valence-electron chi connectivity index (χ1n) is 8.17. The third-order valence-corrected chi connectivity index (χ3v) is 4.71. The first-order valence-corrected chi connectivity index (χ1v) is 8.17. The predicted octanol–water partition coefficient (Wildman–Crippen LogP) is 2.28.